The third-order valence-electron chi connectivity index (χ3n) is 2.38. The molecule has 82 valence electrons. The molecule has 0 amide bonds. The van der Waals surface area contributed by atoms with Crippen molar-refractivity contribution in [1.82, 2.24) is 9.97 Å². The molecule has 0 radical (unpaired) electrons. The van der Waals surface area contributed by atoms with Crippen molar-refractivity contribution < 1.29 is 4.74 Å². The van der Waals surface area contributed by atoms with Gasteiger partial charge in [-0.25, -0.2) is 4.98 Å². The Morgan fingerprint density at radius 1 is 1.19 bits per heavy atom. The van der Waals surface area contributed by atoms with Gasteiger partial charge in [0.05, 0.1) is 5.69 Å². The molecule has 0 atom stereocenters. The molecule has 3 nitrogen and oxygen atoms in total. The van der Waals surface area contributed by atoms with Gasteiger partial charge >= 0.3 is 0 Å². The summed E-state index contributed by atoms with van der Waals surface area (Å²) in [7, 11) is 0. The van der Waals surface area contributed by atoms with Gasteiger partial charge < -0.3 is 4.74 Å². The van der Waals surface area contributed by atoms with Crippen molar-refractivity contribution >= 4 is 0 Å². The number of nitrogens with zero attached hydrogens (tertiary/aromatic N) is 2. The predicted molar refractivity (Wildman–Crippen MR) is 62.7 cm³/mol. The lowest BCUT2D eigenvalue weighted by atomic mass is 10.2. The van der Waals surface area contributed by atoms with Crippen molar-refractivity contribution in [2.75, 3.05) is 0 Å². The summed E-state index contributed by atoms with van der Waals surface area (Å²) in [6, 6.07) is 7.64. The van der Waals surface area contributed by atoms with Crippen LogP contribution in [-0.2, 0) is 6.42 Å². The third kappa shape index (κ3) is 2.37. The maximum Gasteiger partial charge on any atom is 0.219 e. The van der Waals surface area contributed by atoms with E-state index >= 15 is 0 Å². The second-order valence-electron chi connectivity index (χ2n) is 3.55. The van der Waals surface area contributed by atoms with Crippen LogP contribution in [0.4, 0.5) is 0 Å². The number of hydrogen-bond donors (Lipinski definition) is 0. The molecule has 0 N–H and O–H groups in total. The van der Waals surface area contributed by atoms with E-state index in [9.17, 15) is 0 Å². The normalized spacial score (nSPS) is 10.1. The maximum absolute atomic E-state index is 5.64. The van der Waals surface area contributed by atoms with E-state index in [-0.39, 0.29) is 0 Å². The number of ether oxygens (including phenoxy) is 1. The molecule has 16 heavy (non-hydrogen) atoms. The Hall–Kier alpha value is -1.90. The van der Waals surface area contributed by atoms with Crippen LogP contribution in [0.25, 0.3) is 0 Å². The highest BCUT2D eigenvalue weighted by molar-refractivity contribution is 5.30. The van der Waals surface area contributed by atoms with Crippen LogP contribution in [0, 0.1) is 6.92 Å². The van der Waals surface area contributed by atoms with Crippen LogP contribution in [0.5, 0.6) is 11.6 Å². The van der Waals surface area contributed by atoms with Gasteiger partial charge in [0.15, 0.2) is 5.75 Å². The van der Waals surface area contributed by atoms with Crippen LogP contribution in [-0.4, -0.2) is 9.97 Å². The van der Waals surface area contributed by atoms with Crippen molar-refractivity contribution in [2.45, 2.75) is 20.3 Å². The zero-order valence-corrected chi connectivity index (χ0v) is 9.47. The summed E-state index contributed by atoms with van der Waals surface area (Å²) in [6.07, 6.45) is 4.57. The second-order valence-corrected chi connectivity index (χ2v) is 3.55. The Balaban J connectivity index is 2.18. The van der Waals surface area contributed by atoms with Gasteiger partial charge in [0.1, 0.15) is 0 Å². The fraction of sp³-hybridized carbons (Fsp3) is 0.231. The molecule has 0 spiro atoms. The van der Waals surface area contributed by atoms with Crippen molar-refractivity contribution in [2.24, 2.45) is 0 Å². The van der Waals surface area contributed by atoms with Crippen LogP contribution in [0.2, 0.25) is 0 Å². The summed E-state index contributed by atoms with van der Waals surface area (Å²) in [5.74, 6) is 1.35. The first kappa shape index (κ1) is 10.6. The topological polar surface area (TPSA) is 35.0 Å². The molecule has 2 rings (SSSR count). The number of rotatable bonds is 3. The van der Waals surface area contributed by atoms with Crippen LogP contribution in [0.3, 0.4) is 0 Å². The van der Waals surface area contributed by atoms with Gasteiger partial charge in [-0.15, -0.1) is 0 Å². The average molecular weight is 214 g/mol. The summed E-state index contributed by atoms with van der Waals surface area (Å²) in [6.45, 7) is 4.01. The highest BCUT2D eigenvalue weighted by atomic mass is 16.5. The number of hydrogen-bond acceptors (Lipinski definition) is 3. The van der Waals surface area contributed by atoms with Crippen LogP contribution in [0.15, 0.2) is 36.7 Å². The van der Waals surface area contributed by atoms with Gasteiger partial charge in [0.2, 0.25) is 5.88 Å². The van der Waals surface area contributed by atoms with E-state index in [0.717, 1.165) is 17.9 Å². The van der Waals surface area contributed by atoms with Gasteiger partial charge in [0.25, 0.3) is 0 Å². The van der Waals surface area contributed by atoms with E-state index in [4.69, 9.17) is 4.74 Å². The monoisotopic (exact) mass is 214 g/mol. The number of aryl methyl sites for hydroxylation is 2. The largest absolute Gasteiger partial charge is 0.437 e. The van der Waals surface area contributed by atoms with Crippen molar-refractivity contribution in [1.29, 1.82) is 0 Å². The minimum atomic E-state index is 0.605. The fourth-order valence-electron chi connectivity index (χ4n) is 1.37. The van der Waals surface area contributed by atoms with Gasteiger partial charge in [-0.1, -0.05) is 13.0 Å². The second kappa shape index (κ2) is 4.75. The zero-order chi connectivity index (χ0) is 11.4. The SMILES string of the molecule is CCc1ccc(Oc2cccnc2C)nc1. The van der Waals surface area contributed by atoms with Crippen molar-refractivity contribution in [3.8, 4) is 11.6 Å². The molecule has 0 aliphatic rings. The minimum absolute atomic E-state index is 0.605. The van der Waals surface area contributed by atoms with E-state index in [1.165, 1.54) is 5.56 Å². The number of aromatic nitrogens is 2. The lowest BCUT2D eigenvalue weighted by Crippen LogP contribution is -1.92. The van der Waals surface area contributed by atoms with Gasteiger partial charge in [-0.2, -0.15) is 0 Å². The fourth-order valence-corrected chi connectivity index (χ4v) is 1.37. The third-order valence-corrected chi connectivity index (χ3v) is 2.38. The molecule has 0 saturated carbocycles. The maximum atomic E-state index is 5.64. The molecule has 0 bridgehead atoms. The Bertz CT molecular complexity index is 466. The quantitative estimate of drug-likeness (QED) is 0.787. The highest BCUT2D eigenvalue weighted by Crippen LogP contribution is 2.21. The minimum Gasteiger partial charge on any atom is -0.437 e. The molecule has 0 saturated heterocycles. The van der Waals surface area contributed by atoms with Crippen molar-refractivity contribution in [3.05, 3.63) is 47.9 Å². The molecule has 0 unspecified atom stereocenters. The first-order valence-corrected chi connectivity index (χ1v) is 5.34. The lowest BCUT2D eigenvalue weighted by molar-refractivity contribution is 0.456. The van der Waals surface area contributed by atoms with E-state index in [1.54, 1.807) is 6.20 Å². The Morgan fingerprint density at radius 2 is 2.06 bits per heavy atom. The molecule has 3 heteroatoms. The summed E-state index contributed by atoms with van der Waals surface area (Å²) in [5.41, 5.74) is 2.07. The average Bonchev–Trinajstić information content (AvgIpc) is 2.33. The van der Waals surface area contributed by atoms with Crippen molar-refractivity contribution in [3.63, 3.8) is 0 Å². The molecule has 0 aliphatic carbocycles. The molecule has 2 aromatic heterocycles. The van der Waals surface area contributed by atoms with E-state index in [2.05, 4.69) is 16.9 Å². The standard InChI is InChI=1S/C13H14N2O/c1-3-11-6-7-13(15-9-11)16-12-5-4-8-14-10(12)2/h4-9H,3H2,1-2H3. The van der Waals surface area contributed by atoms with Crippen LogP contribution in [0.1, 0.15) is 18.2 Å². The van der Waals surface area contributed by atoms with E-state index in [1.807, 2.05) is 37.4 Å². The molecular weight excluding hydrogens is 200 g/mol. The number of pyridine rings is 2. The highest BCUT2D eigenvalue weighted by Gasteiger charge is 2.01. The molecule has 0 aliphatic heterocycles. The predicted octanol–water partition coefficient (Wildman–Crippen LogP) is 3.14. The zero-order valence-electron chi connectivity index (χ0n) is 9.47. The molecule has 2 heterocycles. The molecule has 2 aromatic rings. The Labute approximate surface area is 95.1 Å². The summed E-state index contributed by atoms with van der Waals surface area (Å²) in [4.78, 5) is 8.39. The summed E-state index contributed by atoms with van der Waals surface area (Å²) in [5, 5.41) is 0. The Morgan fingerprint density at radius 3 is 2.69 bits per heavy atom. The summed E-state index contributed by atoms with van der Waals surface area (Å²) < 4.78 is 5.64. The first-order valence-electron chi connectivity index (χ1n) is 5.34. The molecular formula is C13H14N2O. The van der Waals surface area contributed by atoms with Gasteiger partial charge in [0, 0.05) is 18.5 Å². The van der Waals surface area contributed by atoms with Crippen LogP contribution < -0.4 is 4.74 Å². The van der Waals surface area contributed by atoms with Gasteiger partial charge in [-0.3, -0.25) is 4.98 Å². The van der Waals surface area contributed by atoms with Gasteiger partial charge in [-0.05, 0) is 31.0 Å². The Kier molecular flexibility index (Phi) is 3.15. The lowest BCUT2D eigenvalue weighted by Gasteiger charge is -2.06. The molecule has 0 fully saturated rings. The van der Waals surface area contributed by atoms with E-state index in [0.29, 0.717) is 5.88 Å². The van der Waals surface area contributed by atoms with E-state index < -0.39 is 0 Å². The van der Waals surface area contributed by atoms with Crippen LogP contribution >= 0.6 is 0 Å². The molecule has 0 aromatic carbocycles. The first-order chi connectivity index (χ1) is 7.79. The summed E-state index contributed by atoms with van der Waals surface area (Å²) >= 11 is 0. The smallest absolute Gasteiger partial charge is 0.219 e.